The molecule has 3 heterocycles. The lowest BCUT2D eigenvalue weighted by molar-refractivity contribution is -0.123. The van der Waals surface area contributed by atoms with Crippen LogP contribution in [0.2, 0.25) is 0 Å². The lowest BCUT2D eigenvalue weighted by atomic mass is 9.76. The minimum Gasteiger partial charge on any atom is -0.490 e. The predicted octanol–water partition coefficient (Wildman–Crippen LogP) is 5.17. The molecular weight excluding hydrogens is 542 g/mol. The molecule has 1 aromatic heterocycles. The van der Waals surface area contributed by atoms with E-state index in [1.54, 1.807) is 18.3 Å². The minimum absolute atomic E-state index is 0.0169. The molecule has 9 heteroatoms. The highest BCUT2D eigenvalue weighted by Gasteiger charge is 2.41. The third kappa shape index (κ3) is 5.84. The van der Waals surface area contributed by atoms with E-state index in [9.17, 15) is 9.59 Å². The summed E-state index contributed by atoms with van der Waals surface area (Å²) in [6.45, 7) is 7.65. The molecule has 2 aromatic carbocycles. The molecule has 1 fully saturated rings. The molecule has 1 saturated heterocycles. The largest absolute Gasteiger partial charge is 0.490 e. The Hall–Kier alpha value is -4.66. The van der Waals surface area contributed by atoms with E-state index in [1.165, 1.54) is 5.01 Å². The fourth-order valence-corrected chi connectivity index (χ4v) is 6.05. The van der Waals surface area contributed by atoms with Crippen molar-refractivity contribution in [3.05, 3.63) is 90.1 Å². The summed E-state index contributed by atoms with van der Waals surface area (Å²) in [6.07, 6.45) is 7.42. The van der Waals surface area contributed by atoms with Crippen LogP contribution in [0.3, 0.4) is 0 Å². The molecule has 0 radical (unpaired) electrons. The molecule has 0 bridgehead atoms. The summed E-state index contributed by atoms with van der Waals surface area (Å²) in [6, 6.07) is 19.0. The number of nitrogens with zero attached hydrogens (tertiary/aromatic N) is 5. The Morgan fingerprint density at radius 2 is 1.58 bits per heavy atom. The van der Waals surface area contributed by atoms with Gasteiger partial charge in [-0.25, -0.2) is 9.99 Å². The maximum atomic E-state index is 13.7. The van der Waals surface area contributed by atoms with E-state index in [-0.39, 0.29) is 23.7 Å². The Morgan fingerprint density at radius 3 is 2.28 bits per heavy atom. The SMILES string of the molecule is CCOc1ccc(C2=NN(c3ccc(C(=O)N4CCN(c5ccccn5)CC4)cc3)C(=O)[C@@H]3CC=CC[C@H]23)cc1OCC. The molecule has 3 aliphatic rings. The topological polar surface area (TPSA) is 87.6 Å². The summed E-state index contributed by atoms with van der Waals surface area (Å²) in [5.41, 5.74) is 2.99. The Kier molecular flexibility index (Phi) is 8.40. The fraction of sp³-hybridized carbons (Fsp3) is 0.353. The minimum atomic E-state index is -0.212. The van der Waals surface area contributed by atoms with E-state index in [1.807, 2.05) is 67.3 Å². The molecule has 0 saturated carbocycles. The number of pyridine rings is 1. The highest BCUT2D eigenvalue weighted by molar-refractivity contribution is 6.11. The van der Waals surface area contributed by atoms with Gasteiger partial charge in [-0.2, -0.15) is 5.10 Å². The average Bonchev–Trinajstić information content (AvgIpc) is 3.06. The number of benzene rings is 2. The molecule has 0 N–H and O–H groups in total. The number of carbonyl (C=O) groups excluding carboxylic acids is 2. The molecule has 6 rings (SSSR count). The van der Waals surface area contributed by atoms with Gasteiger partial charge in [0.05, 0.1) is 30.5 Å². The van der Waals surface area contributed by atoms with Crippen molar-refractivity contribution in [1.29, 1.82) is 0 Å². The van der Waals surface area contributed by atoms with Gasteiger partial charge in [0.1, 0.15) is 5.82 Å². The summed E-state index contributed by atoms with van der Waals surface area (Å²) in [5.74, 6) is 2.01. The monoisotopic (exact) mass is 579 g/mol. The Bertz CT molecular complexity index is 1510. The fourth-order valence-electron chi connectivity index (χ4n) is 6.05. The number of allylic oxidation sites excluding steroid dienone is 2. The van der Waals surface area contributed by atoms with Crippen LogP contribution in [0.5, 0.6) is 11.5 Å². The summed E-state index contributed by atoms with van der Waals surface area (Å²) >= 11 is 0. The molecule has 1 aliphatic carbocycles. The zero-order chi connectivity index (χ0) is 29.8. The van der Waals surface area contributed by atoms with Crippen LogP contribution in [0.4, 0.5) is 11.5 Å². The van der Waals surface area contributed by atoms with Crippen LogP contribution >= 0.6 is 0 Å². The van der Waals surface area contributed by atoms with Crippen molar-refractivity contribution in [2.45, 2.75) is 26.7 Å². The molecule has 222 valence electrons. The maximum Gasteiger partial charge on any atom is 0.253 e. The van der Waals surface area contributed by atoms with Crippen molar-refractivity contribution in [2.75, 3.05) is 49.3 Å². The van der Waals surface area contributed by atoms with Gasteiger partial charge in [-0.05, 0) is 81.3 Å². The Balaban J connectivity index is 1.23. The third-order valence-corrected chi connectivity index (χ3v) is 8.26. The second-order valence-corrected chi connectivity index (χ2v) is 10.8. The molecule has 0 spiro atoms. The number of carbonyl (C=O) groups is 2. The van der Waals surface area contributed by atoms with Gasteiger partial charge >= 0.3 is 0 Å². The number of amides is 2. The number of hydrogen-bond donors (Lipinski definition) is 0. The number of aromatic nitrogens is 1. The highest BCUT2D eigenvalue weighted by atomic mass is 16.5. The van der Waals surface area contributed by atoms with Gasteiger partial charge in [-0.15, -0.1) is 0 Å². The number of hydrazone groups is 1. The van der Waals surface area contributed by atoms with Gasteiger partial charge in [-0.3, -0.25) is 9.59 Å². The lowest BCUT2D eigenvalue weighted by Crippen LogP contribution is -2.49. The zero-order valence-electron chi connectivity index (χ0n) is 24.7. The second-order valence-electron chi connectivity index (χ2n) is 10.8. The van der Waals surface area contributed by atoms with Crippen LogP contribution in [0.15, 0.2) is 84.1 Å². The Morgan fingerprint density at radius 1 is 0.860 bits per heavy atom. The maximum absolute atomic E-state index is 13.7. The van der Waals surface area contributed by atoms with Crippen LogP contribution in [-0.2, 0) is 4.79 Å². The smallest absolute Gasteiger partial charge is 0.253 e. The molecule has 2 aliphatic heterocycles. The van der Waals surface area contributed by atoms with Gasteiger partial charge in [0, 0.05) is 49.4 Å². The number of piperazine rings is 1. The van der Waals surface area contributed by atoms with Crippen molar-refractivity contribution in [3.63, 3.8) is 0 Å². The first-order chi connectivity index (χ1) is 21.1. The summed E-state index contributed by atoms with van der Waals surface area (Å²) in [4.78, 5) is 35.5. The van der Waals surface area contributed by atoms with Crippen molar-refractivity contribution in [3.8, 4) is 11.5 Å². The Labute approximate surface area is 252 Å². The van der Waals surface area contributed by atoms with E-state index in [4.69, 9.17) is 14.6 Å². The standard InChI is InChI=1S/C34H37N5O4/c1-3-42-29-17-14-25(23-30(29)43-4-2)32-27-9-5-6-10-28(27)34(41)39(36-32)26-15-12-24(13-16-26)33(40)38-21-19-37(20-22-38)31-11-7-8-18-35-31/h5-8,11-18,23,27-28H,3-4,9-10,19-22H2,1-2H3/t27-,28+/m0/s1. The number of ether oxygens (including phenoxy) is 2. The lowest BCUT2D eigenvalue weighted by Gasteiger charge is -2.37. The second kappa shape index (κ2) is 12.7. The van der Waals surface area contributed by atoms with Crippen LogP contribution in [0.1, 0.15) is 42.6 Å². The molecule has 3 aromatic rings. The van der Waals surface area contributed by atoms with E-state index in [0.717, 1.165) is 36.6 Å². The third-order valence-electron chi connectivity index (χ3n) is 8.26. The molecule has 2 atom stereocenters. The van der Waals surface area contributed by atoms with Gasteiger partial charge in [0.25, 0.3) is 11.8 Å². The predicted molar refractivity (Wildman–Crippen MR) is 167 cm³/mol. The van der Waals surface area contributed by atoms with Crippen molar-refractivity contribution >= 4 is 29.0 Å². The summed E-state index contributed by atoms with van der Waals surface area (Å²) in [7, 11) is 0. The first-order valence-electron chi connectivity index (χ1n) is 15.1. The molecule has 9 nitrogen and oxygen atoms in total. The van der Waals surface area contributed by atoms with Gasteiger partial charge in [0.15, 0.2) is 11.5 Å². The van der Waals surface area contributed by atoms with Crippen molar-refractivity contribution in [2.24, 2.45) is 16.9 Å². The van der Waals surface area contributed by atoms with Crippen LogP contribution < -0.4 is 19.4 Å². The van der Waals surface area contributed by atoms with E-state index in [2.05, 4.69) is 22.0 Å². The van der Waals surface area contributed by atoms with Crippen LogP contribution in [0.25, 0.3) is 0 Å². The van der Waals surface area contributed by atoms with E-state index in [0.29, 0.717) is 55.5 Å². The molecule has 2 amide bonds. The summed E-state index contributed by atoms with van der Waals surface area (Å²) in [5, 5.41) is 6.44. The van der Waals surface area contributed by atoms with Crippen LogP contribution in [-0.4, -0.2) is 66.8 Å². The first-order valence-corrected chi connectivity index (χ1v) is 15.1. The van der Waals surface area contributed by atoms with E-state index >= 15 is 0 Å². The quantitative estimate of drug-likeness (QED) is 0.342. The number of hydrogen-bond acceptors (Lipinski definition) is 7. The zero-order valence-corrected chi connectivity index (χ0v) is 24.7. The number of anilines is 2. The first kappa shape index (κ1) is 28.5. The average molecular weight is 580 g/mol. The van der Waals surface area contributed by atoms with Crippen LogP contribution in [0, 0.1) is 11.8 Å². The molecule has 0 unspecified atom stereocenters. The van der Waals surface area contributed by atoms with Crippen molar-refractivity contribution < 1.29 is 19.1 Å². The van der Waals surface area contributed by atoms with E-state index < -0.39 is 0 Å². The van der Waals surface area contributed by atoms with Gasteiger partial charge in [0.2, 0.25) is 0 Å². The number of fused-ring (bicyclic) bond motifs is 1. The van der Waals surface area contributed by atoms with Crippen molar-refractivity contribution in [1.82, 2.24) is 9.88 Å². The van der Waals surface area contributed by atoms with Gasteiger partial charge < -0.3 is 19.3 Å². The molecule has 43 heavy (non-hydrogen) atoms. The summed E-state index contributed by atoms with van der Waals surface area (Å²) < 4.78 is 11.7. The normalized spacial score (nSPS) is 20.0. The number of rotatable bonds is 8. The van der Waals surface area contributed by atoms with Gasteiger partial charge in [-0.1, -0.05) is 18.2 Å². The highest BCUT2D eigenvalue weighted by Crippen LogP contribution is 2.38. The molecular formula is C34H37N5O4.